The van der Waals surface area contributed by atoms with Gasteiger partial charge >= 0.3 is 0 Å². The second-order valence-corrected chi connectivity index (χ2v) is 4.64. The molecule has 1 atom stereocenters. The maximum Gasteiger partial charge on any atom is 0.160 e. The number of phenols is 3. The van der Waals surface area contributed by atoms with E-state index >= 15 is 0 Å². The number of aromatic hydroxyl groups is 3. The van der Waals surface area contributed by atoms with Gasteiger partial charge in [-0.3, -0.25) is 0 Å². The minimum absolute atomic E-state index is 0.0519. The van der Waals surface area contributed by atoms with E-state index in [2.05, 4.69) is 0 Å². The van der Waals surface area contributed by atoms with Crippen LogP contribution in [0.3, 0.4) is 0 Å². The molecule has 20 heavy (non-hydrogen) atoms. The van der Waals surface area contributed by atoms with Gasteiger partial charge in [0, 0.05) is 5.92 Å². The van der Waals surface area contributed by atoms with E-state index in [4.69, 9.17) is 4.74 Å². The molecule has 0 bridgehead atoms. The molecule has 0 amide bonds. The summed E-state index contributed by atoms with van der Waals surface area (Å²) in [4.78, 5) is 0. The molecule has 0 aromatic heterocycles. The maximum absolute atomic E-state index is 9.64. The van der Waals surface area contributed by atoms with E-state index in [-0.39, 0.29) is 23.2 Å². The minimum atomic E-state index is -0.133. The zero-order valence-electron chi connectivity index (χ0n) is 11.5. The Bertz CT molecular complexity index is 607. The molecule has 3 N–H and O–H groups in total. The predicted octanol–water partition coefficient (Wildman–Crippen LogP) is 3.35. The Kier molecular flexibility index (Phi) is 4.03. The zero-order chi connectivity index (χ0) is 14.7. The van der Waals surface area contributed by atoms with Gasteiger partial charge in [-0.2, -0.15) is 0 Å². The lowest BCUT2D eigenvalue weighted by Gasteiger charge is -2.17. The van der Waals surface area contributed by atoms with E-state index in [1.807, 2.05) is 13.0 Å². The average Bonchev–Trinajstić information content (AvgIpc) is 2.45. The van der Waals surface area contributed by atoms with E-state index in [0.29, 0.717) is 5.75 Å². The third kappa shape index (κ3) is 2.64. The highest BCUT2D eigenvalue weighted by Gasteiger charge is 2.15. The molecule has 0 radical (unpaired) electrons. The van der Waals surface area contributed by atoms with Crippen molar-refractivity contribution in [2.75, 3.05) is 7.11 Å². The summed E-state index contributed by atoms with van der Waals surface area (Å²) in [5.74, 6) is 0.304. The topological polar surface area (TPSA) is 69.9 Å². The van der Waals surface area contributed by atoms with Crippen molar-refractivity contribution in [3.63, 3.8) is 0 Å². The smallest absolute Gasteiger partial charge is 0.160 e. The Balaban J connectivity index is 2.43. The van der Waals surface area contributed by atoms with Crippen LogP contribution in [0.4, 0.5) is 0 Å². The van der Waals surface area contributed by atoms with Crippen molar-refractivity contribution >= 4 is 0 Å². The largest absolute Gasteiger partial charge is 0.504 e. The number of ether oxygens (including phenoxy) is 1. The third-order valence-corrected chi connectivity index (χ3v) is 3.42. The van der Waals surface area contributed by atoms with Crippen LogP contribution in [0.25, 0.3) is 0 Å². The predicted molar refractivity (Wildman–Crippen MR) is 76.6 cm³/mol. The zero-order valence-corrected chi connectivity index (χ0v) is 11.5. The number of hydrogen-bond donors (Lipinski definition) is 3. The standard InChI is InChI=1S/C16H18O4/c1-3-12(10-4-6-13(17)15(19)8-10)11-5-7-14(18)16(9-11)20-2/h4-9,12,17-19H,3H2,1-2H3. The highest BCUT2D eigenvalue weighted by Crippen LogP contribution is 2.36. The fourth-order valence-electron chi connectivity index (χ4n) is 2.33. The SMILES string of the molecule is CCC(c1ccc(O)c(O)c1)c1ccc(O)c(OC)c1. The van der Waals surface area contributed by atoms with Crippen LogP contribution in [0.2, 0.25) is 0 Å². The van der Waals surface area contributed by atoms with Crippen LogP contribution in [0.1, 0.15) is 30.4 Å². The Morgan fingerprint density at radius 2 is 1.50 bits per heavy atom. The molecular formula is C16H18O4. The van der Waals surface area contributed by atoms with E-state index in [0.717, 1.165) is 17.5 Å². The van der Waals surface area contributed by atoms with Gasteiger partial charge in [0.05, 0.1) is 7.11 Å². The van der Waals surface area contributed by atoms with Gasteiger partial charge in [-0.15, -0.1) is 0 Å². The molecule has 2 aromatic carbocycles. The van der Waals surface area contributed by atoms with Crippen LogP contribution in [0.5, 0.6) is 23.0 Å². The summed E-state index contributed by atoms with van der Waals surface area (Å²) in [6.07, 6.45) is 0.818. The highest BCUT2D eigenvalue weighted by atomic mass is 16.5. The molecule has 0 fully saturated rings. The van der Waals surface area contributed by atoms with Crippen LogP contribution in [-0.2, 0) is 0 Å². The van der Waals surface area contributed by atoms with Gasteiger partial charge in [-0.25, -0.2) is 0 Å². The number of phenolic OH excluding ortho intramolecular Hbond substituents is 3. The van der Waals surface area contributed by atoms with Crippen molar-refractivity contribution in [1.82, 2.24) is 0 Å². The van der Waals surface area contributed by atoms with Crippen molar-refractivity contribution in [3.05, 3.63) is 47.5 Å². The van der Waals surface area contributed by atoms with Crippen LogP contribution < -0.4 is 4.74 Å². The number of rotatable bonds is 4. The monoisotopic (exact) mass is 274 g/mol. The van der Waals surface area contributed by atoms with Gasteiger partial charge in [-0.05, 0) is 41.8 Å². The Hall–Kier alpha value is -2.36. The summed E-state index contributed by atoms with van der Waals surface area (Å²) in [7, 11) is 1.51. The summed E-state index contributed by atoms with van der Waals surface area (Å²) in [5.41, 5.74) is 1.88. The molecule has 0 saturated carbocycles. The van der Waals surface area contributed by atoms with E-state index in [1.165, 1.54) is 13.2 Å². The average molecular weight is 274 g/mol. The van der Waals surface area contributed by atoms with Crippen LogP contribution in [0, 0.1) is 0 Å². The molecule has 0 saturated heterocycles. The Morgan fingerprint density at radius 1 is 0.900 bits per heavy atom. The first-order chi connectivity index (χ1) is 9.56. The molecule has 1 unspecified atom stereocenters. The second kappa shape index (κ2) is 5.74. The van der Waals surface area contributed by atoms with Crippen molar-refractivity contribution in [2.24, 2.45) is 0 Å². The third-order valence-electron chi connectivity index (χ3n) is 3.42. The maximum atomic E-state index is 9.64. The number of benzene rings is 2. The van der Waals surface area contributed by atoms with E-state index < -0.39 is 0 Å². The highest BCUT2D eigenvalue weighted by molar-refractivity contribution is 5.48. The van der Waals surface area contributed by atoms with Crippen molar-refractivity contribution in [1.29, 1.82) is 0 Å². The summed E-state index contributed by atoms with van der Waals surface area (Å²) in [5, 5.41) is 28.6. The summed E-state index contributed by atoms with van der Waals surface area (Å²) < 4.78 is 5.12. The second-order valence-electron chi connectivity index (χ2n) is 4.64. The molecular weight excluding hydrogens is 256 g/mol. The summed E-state index contributed by atoms with van der Waals surface area (Å²) in [6.45, 7) is 2.04. The molecule has 0 aliphatic heterocycles. The number of hydrogen-bond acceptors (Lipinski definition) is 4. The molecule has 2 aromatic rings. The minimum Gasteiger partial charge on any atom is -0.504 e. The molecule has 0 spiro atoms. The molecule has 4 nitrogen and oxygen atoms in total. The fraction of sp³-hybridized carbons (Fsp3) is 0.250. The van der Waals surface area contributed by atoms with Crippen LogP contribution in [0.15, 0.2) is 36.4 Å². The van der Waals surface area contributed by atoms with Gasteiger partial charge in [0.1, 0.15) is 0 Å². The van der Waals surface area contributed by atoms with E-state index in [9.17, 15) is 15.3 Å². The van der Waals surface area contributed by atoms with Gasteiger partial charge in [0.2, 0.25) is 0 Å². The van der Waals surface area contributed by atoms with Crippen molar-refractivity contribution in [3.8, 4) is 23.0 Å². The summed E-state index contributed by atoms with van der Waals surface area (Å²) >= 11 is 0. The lowest BCUT2D eigenvalue weighted by Crippen LogP contribution is -2.00. The lowest BCUT2D eigenvalue weighted by molar-refractivity contribution is 0.372. The first-order valence-electron chi connectivity index (χ1n) is 6.45. The molecule has 0 aliphatic rings. The van der Waals surface area contributed by atoms with Crippen LogP contribution >= 0.6 is 0 Å². The van der Waals surface area contributed by atoms with Gasteiger partial charge in [0.25, 0.3) is 0 Å². The molecule has 0 heterocycles. The molecule has 106 valence electrons. The van der Waals surface area contributed by atoms with Crippen molar-refractivity contribution < 1.29 is 20.1 Å². The van der Waals surface area contributed by atoms with Gasteiger partial charge in [0.15, 0.2) is 23.0 Å². The molecule has 2 rings (SSSR count). The lowest BCUT2D eigenvalue weighted by atomic mass is 9.89. The molecule has 0 aliphatic carbocycles. The Labute approximate surface area is 117 Å². The van der Waals surface area contributed by atoms with Crippen LogP contribution in [-0.4, -0.2) is 22.4 Å². The van der Waals surface area contributed by atoms with Crippen molar-refractivity contribution in [2.45, 2.75) is 19.3 Å². The van der Waals surface area contributed by atoms with Gasteiger partial charge < -0.3 is 20.1 Å². The molecule has 4 heteroatoms. The number of methoxy groups -OCH3 is 1. The fourth-order valence-corrected chi connectivity index (χ4v) is 2.33. The first-order valence-corrected chi connectivity index (χ1v) is 6.45. The quantitative estimate of drug-likeness (QED) is 0.748. The summed E-state index contributed by atoms with van der Waals surface area (Å²) in [6, 6.07) is 10.0. The Morgan fingerprint density at radius 3 is 2.05 bits per heavy atom. The van der Waals surface area contributed by atoms with E-state index in [1.54, 1.807) is 24.3 Å². The normalized spacial score (nSPS) is 12.1. The first kappa shape index (κ1) is 14.1. The van der Waals surface area contributed by atoms with Gasteiger partial charge in [-0.1, -0.05) is 19.1 Å².